The highest BCUT2D eigenvalue weighted by Crippen LogP contribution is 2.13. The van der Waals surface area contributed by atoms with Gasteiger partial charge in [0.1, 0.15) is 12.6 Å². The van der Waals surface area contributed by atoms with E-state index in [1.165, 1.54) is 6.08 Å². The van der Waals surface area contributed by atoms with Gasteiger partial charge in [-0.1, -0.05) is 50.8 Å². The van der Waals surface area contributed by atoms with E-state index in [2.05, 4.69) is 6.58 Å². The average Bonchev–Trinajstić information content (AvgIpc) is 2.59. The van der Waals surface area contributed by atoms with Crippen molar-refractivity contribution in [3.8, 4) is 0 Å². The number of carbonyl (C=O) groups is 4. The van der Waals surface area contributed by atoms with Crippen molar-refractivity contribution in [1.82, 2.24) is 4.90 Å². The molecule has 0 saturated heterocycles. The van der Waals surface area contributed by atoms with E-state index in [1.54, 1.807) is 24.3 Å². The molecule has 1 atom stereocenters. The highest BCUT2D eigenvalue weighted by atomic mass is 16.5. The quantitative estimate of drug-likeness (QED) is 0.421. The van der Waals surface area contributed by atoms with Gasteiger partial charge in [0.15, 0.2) is 0 Å². The molecule has 0 heterocycles. The third-order valence-electron chi connectivity index (χ3n) is 3.22. The third kappa shape index (κ3) is 8.96. The lowest BCUT2D eigenvalue weighted by Crippen LogP contribution is -2.50. The van der Waals surface area contributed by atoms with Gasteiger partial charge in [0.05, 0.1) is 6.42 Å². The normalized spacial score (nSPS) is 12.1. The van der Waals surface area contributed by atoms with Crippen LogP contribution in [0.5, 0.6) is 0 Å². The van der Waals surface area contributed by atoms with E-state index in [1.807, 2.05) is 13.8 Å². The van der Waals surface area contributed by atoms with Crippen molar-refractivity contribution in [2.75, 3.05) is 6.61 Å². The number of aliphatic carboxylic acids is 1. The largest absolute Gasteiger partial charge is 0.481 e. The number of ether oxygens (including phenoxy) is 1. The van der Waals surface area contributed by atoms with Gasteiger partial charge in [0.25, 0.3) is 0 Å². The summed E-state index contributed by atoms with van der Waals surface area (Å²) in [7, 11) is 0. The van der Waals surface area contributed by atoms with Crippen molar-refractivity contribution in [2.45, 2.75) is 52.0 Å². The van der Waals surface area contributed by atoms with Crippen molar-refractivity contribution in [3.63, 3.8) is 0 Å². The highest BCUT2D eigenvalue weighted by molar-refractivity contribution is 6.01. The lowest BCUT2D eigenvalue weighted by Gasteiger charge is -2.27. The number of amides is 2. The third-order valence-corrected chi connectivity index (χ3v) is 3.22. The van der Waals surface area contributed by atoms with Gasteiger partial charge >= 0.3 is 11.9 Å². The van der Waals surface area contributed by atoms with Gasteiger partial charge in [-0.25, -0.2) is 4.79 Å². The van der Waals surface area contributed by atoms with E-state index in [9.17, 15) is 19.2 Å². The topological polar surface area (TPSA) is 101 Å². The SMILES string of the molecule is C=CCOC(=O)C(CC(=O)O)N(C(=O)C/C=C/CC)C(=O)C/C=C/CC. The number of carboxylic acids is 1. The summed E-state index contributed by atoms with van der Waals surface area (Å²) in [6.07, 6.45) is 8.46. The Kier molecular flexibility index (Phi) is 12.2. The molecule has 0 aromatic carbocycles. The fraction of sp³-hybridized carbons (Fsp3) is 0.474. The zero-order chi connectivity index (χ0) is 19.9. The minimum Gasteiger partial charge on any atom is -0.481 e. The van der Waals surface area contributed by atoms with Crippen LogP contribution in [0.1, 0.15) is 46.0 Å². The van der Waals surface area contributed by atoms with E-state index >= 15 is 0 Å². The number of carboxylic acid groups (broad SMARTS) is 1. The number of allylic oxidation sites excluding steroid dienone is 2. The lowest BCUT2D eigenvalue weighted by molar-refractivity contribution is -0.162. The molecule has 0 fully saturated rings. The maximum atomic E-state index is 12.5. The van der Waals surface area contributed by atoms with E-state index in [4.69, 9.17) is 9.84 Å². The first kappa shape index (κ1) is 23.3. The summed E-state index contributed by atoms with van der Waals surface area (Å²) in [5.41, 5.74) is 0. The van der Waals surface area contributed by atoms with Crippen LogP contribution in [-0.4, -0.2) is 46.4 Å². The summed E-state index contributed by atoms with van der Waals surface area (Å²) in [4.78, 5) is 49.1. The number of hydrogen-bond donors (Lipinski definition) is 1. The summed E-state index contributed by atoms with van der Waals surface area (Å²) >= 11 is 0. The monoisotopic (exact) mass is 365 g/mol. The predicted octanol–water partition coefficient (Wildman–Crippen LogP) is 2.63. The van der Waals surface area contributed by atoms with Crippen LogP contribution in [0.2, 0.25) is 0 Å². The van der Waals surface area contributed by atoms with Gasteiger partial charge in [-0.15, -0.1) is 0 Å². The van der Waals surface area contributed by atoms with Crippen LogP contribution in [0.4, 0.5) is 0 Å². The zero-order valence-electron chi connectivity index (χ0n) is 15.3. The maximum absolute atomic E-state index is 12.5. The molecule has 0 radical (unpaired) electrons. The van der Waals surface area contributed by atoms with Crippen LogP contribution in [0.25, 0.3) is 0 Å². The van der Waals surface area contributed by atoms with Crippen LogP contribution in [-0.2, 0) is 23.9 Å². The van der Waals surface area contributed by atoms with E-state index in [0.29, 0.717) is 17.7 Å². The zero-order valence-corrected chi connectivity index (χ0v) is 15.3. The standard InChI is InChI=1S/C19H27NO6/c1-4-7-9-11-16(21)20(17(22)12-10-8-5-2)15(14-18(23)24)19(25)26-13-6-3/h6-10,15H,3-5,11-14H2,1-2H3,(H,23,24)/b9-7+,10-8+. The molecule has 0 aliphatic heterocycles. The van der Waals surface area contributed by atoms with Gasteiger partial charge in [0.2, 0.25) is 11.8 Å². The number of imide groups is 1. The molecule has 0 aliphatic rings. The molecule has 0 aromatic heterocycles. The molecule has 0 aromatic rings. The maximum Gasteiger partial charge on any atom is 0.330 e. The molecule has 7 nitrogen and oxygen atoms in total. The van der Waals surface area contributed by atoms with E-state index in [-0.39, 0.29) is 19.4 Å². The Morgan fingerprint density at radius 1 is 1.00 bits per heavy atom. The Bertz CT molecular complexity index is 536. The molecule has 0 spiro atoms. The van der Waals surface area contributed by atoms with Gasteiger partial charge in [-0.3, -0.25) is 19.3 Å². The van der Waals surface area contributed by atoms with Crippen LogP contribution >= 0.6 is 0 Å². The van der Waals surface area contributed by atoms with Crippen molar-refractivity contribution >= 4 is 23.8 Å². The van der Waals surface area contributed by atoms with Gasteiger partial charge in [-0.2, -0.15) is 0 Å². The fourth-order valence-corrected chi connectivity index (χ4v) is 2.07. The Morgan fingerprint density at radius 2 is 1.50 bits per heavy atom. The molecule has 26 heavy (non-hydrogen) atoms. The highest BCUT2D eigenvalue weighted by Gasteiger charge is 2.36. The second-order valence-corrected chi connectivity index (χ2v) is 5.36. The molecule has 144 valence electrons. The van der Waals surface area contributed by atoms with Gasteiger partial charge in [-0.05, 0) is 12.8 Å². The molecule has 0 saturated carbocycles. The van der Waals surface area contributed by atoms with Gasteiger partial charge in [0, 0.05) is 12.8 Å². The number of hydrogen-bond acceptors (Lipinski definition) is 5. The number of esters is 1. The van der Waals surface area contributed by atoms with Crippen molar-refractivity contribution < 1.29 is 29.0 Å². The van der Waals surface area contributed by atoms with Crippen LogP contribution in [0.15, 0.2) is 37.0 Å². The summed E-state index contributed by atoms with van der Waals surface area (Å²) in [5, 5.41) is 9.09. The Labute approximate surface area is 154 Å². The smallest absolute Gasteiger partial charge is 0.330 e. The molecule has 0 aliphatic carbocycles. The van der Waals surface area contributed by atoms with Crippen LogP contribution < -0.4 is 0 Å². The fourth-order valence-electron chi connectivity index (χ4n) is 2.07. The van der Waals surface area contributed by atoms with Crippen molar-refractivity contribution in [3.05, 3.63) is 37.0 Å². The molecular formula is C19H27NO6. The minimum absolute atomic E-state index is 0.109. The van der Waals surface area contributed by atoms with Gasteiger partial charge < -0.3 is 9.84 Å². The number of nitrogens with zero attached hydrogens (tertiary/aromatic N) is 1. The van der Waals surface area contributed by atoms with Crippen LogP contribution in [0.3, 0.4) is 0 Å². The summed E-state index contributed by atoms with van der Waals surface area (Å²) in [5.74, 6) is -3.56. The lowest BCUT2D eigenvalue weighted by atomic mass is 10.1. The molecule has 1 unspecified atom stereocenters. The second kappa shape index (κ2) is 13.6. The second-order valence-electron chi connectivity index (χ2n) is 5.36. The average molecular weight is 365 g/mol. The Balaban J connectivity index is 5.63. The first-order valence-electron chi connectivity index (χ1n) is 8.53. The van der Waals surface area contributed by atoms with E-state index in [0.717, 1.165) is 0 Å². The Morgan fingerprint density at radius 3 is 1.88 bits per heavy atom. The minimum atomic E-state index is -1.52. The number of carbonyl (C=O) groups excluding carboxylic acids is 3. The summed E-state index contributed by atoms with van der Waals surface area (Å²) in [6, 6.07) is -1.52. The summed E-state index contributed by atoms with van der Waals surface area (Å²) < 4.78 is 4.88. The summed E-state index contributed by atoms with van der Waals surface area (Å²) in [6.45, 7) is 7.04. The first-order valence-corrected chi connectivity index (χ1v) is 8.53. The van der Waals surface area contributed by atoms with Crippen LogP contribution in [0, 0.1) is 0 Å². The molecular weight excluding hydrogens is 338 g/mol. The molecule has 7 heteroatoms. The number of rotatable bonds is 12. The molecule has 1 N–H and O–H groups in total. The van der Waals surface area contributed by atoms with E-state index < -0.39 is 36.2 Å². The van der Waals surface area contributed by atoms with Crippen molar-refractivity contribution in [2.24, 2.45) is 0 Å². The Hall–Kier alpha value is -2.70. The predicted molar refractivity (Wildman–Crippen MR) is 97.1 cm³/mol. The van der Waals surface area contributed by atoms with Crippen molar-refractivity contribution in [1.29, 1.82) is 0 Å². The molecule has 0 bridgehead atoms. The first-order chi connectivity index (χ1) is 12.4. The molecule has 2 amide bonds. The molecule has 0 rings (SSSR count).